The fourth-order valence-electron chi connectivity index (χ4n) is 0.143. The van der Waals surface area contributed by atoms with E-state index < -0.39 is 19.8 Å². The van der Waals surface area contributed by atoms with Crippen molar-refractivity contribution in [3.8, 4) is 0 Å². The number of hydrogen-bond acceptors (Lipinski definition) is 5. The van der Waals surface area contributed by atoms with E-state index in [0.717, 1.165) is 0 Å². The van der Waals surface area contributed by atoms with E-state index in [0.29, 0.717) is 12.2 Å². The molecule has 0 aliphatic rings. The summed E-state index contributed by atoms with van der Waals surface area (Å²) in [7, 11) is -5.14. The maximum atomic E-state index is 9.55. The number of phosphoric acid groups is 1. The zero-order valence-electron chi connectivity index (χ0n) is 6.69. The van der Waals surface area contributed by atoms with Crippen LogP contribution < -0.4 is 9.79 Å². The van der Waals surface area contributed by atoms with E-state index >= 15 is 0 Å². The molecule has 0 spiro atoms. The van der Waals surface area contributed by atoms with Crippen LogP contribution in [0.4, 0.5) is 0 Å². The molecule has 0 aromatic carbocycles. The predicted molar refractivity (Wildman–Crippen MR) is 40.0 cm³/mol. The van der Waals surface area contributed by atoms with Crippen LogP contribution >= 0.6 is 7.82 Å². The Hall–Kier alpha value is 0.0497. The van der Waals surface area contributed by atoms with Crippen LogP contribution in [-0.2, 0) is 14.2 Å². The number of aliphatic carboxylic acids is 2. The first-order valence-corrected chi connectivity index (χ1v) is 4.01. The molecule has 0 saturated carbocycles. The van der Waals surface area contributed by atoms with E-state index in [-0.39, 0.29) is 37.7 Å². The molecular weight excluding hydrogens is 247 g/mol. The topological polar surface area (TPSA) is 158 Å². The molecule has 10 heteroatoms. The van der Waals surface area contributed by atoms with E-state index in [1.165, 1.54) is 0 Å². The number of carboxylic acids is 2. The molecule has 14 heavy (non-hydrogen) atoms. The van der Waals surface area contributed by atoms with Gasteiger partial charge in [0.1, 0.15) is 0 Å². The number of carboxylic acid groups (broad SMARTS) is 2. The van der Waals surface area contributed by atoms with Crippen LogP contribution in [0.25, 0.3) is 0 Å². The van der Waals surface area contributed by atoms with E-state index in [1.54, 1.807) is 0 Å². The van der Waals surface area contributed by atoms with Gasteiger partial charge in [0.15, 0.2) is 0 Å². The Morgan fingerprint density at radius 2 is 1.21 bits per heavy atom. The molecule has 0 aromatic rings. The molecule has 0 saturated heterocycles. The summed E-state index contributed by atoms with van der Waals surface area (Å²) < 4.78 is 8.66. The van der Waals surface area contributed by atoms with Crippen molar-refractivity contribution < 1.29 is 39.0 Å². The molecule has 76 valence electrons. The summed E-state index contributed by atoms with van der Waals surface area (Å²) in [6, 6.07) is 0. The van der Waals surface area contributed by atoms with Gasteiger partial charge in [-0.3, -0.25) is 0 Å². The quantitative estimate of drug-likeness (QED) is 0.269. The minimum atomic E-state index is -5.14. The average Bonchev–Trinajstić information content (AvgIpc) is 1.79. The van der Waals surface area contributed by atoms with Gasteiger partial charge >= 0.3 is 49.7 Å². The van der Waals surface area contributed by atoms with Gasteiger partial charge in [-0.1, -0.05) is 0 Å². The Labute approximate surface area is 108 Å². The van der Waals surface area contributed by atoms with E-state index in [2.05, 4.69) is 0 Å². The summed E-state index contributed by atoms with van der Waals surface area (Å²) in [5.74, 6) is -2.51. The van der Waals surface area contributed by atoms with Crippen molar-refractivity contribution in [2.45, 2.75) is 0 Å². The minimum Gasteiger partial charge on any atom is -0.790 e. The van der Waals surface area contributed by atoms with E-state index in [9.17, 15) is 9.59 Å². The molecule has 0 bridgehead atoms. The van der Waals surface area contributed by atoms with Crippen molar-refractivity contribution in [1.29, 1.82) is 0 Å². The first kappa shape index (κ1) is 19.6. The van der Waals surface area contributed by atoms with Crippen molar-refractivity contribution in [1.82, 2.24) is 0 Å². The van der Waals surface area contributed by atoms with Gasteiger partial charge in [0.25, 0.3) is 0 Å². The van der Waals surface area contributed by atoms with Gasteiger partial charge in [-0.05, 0) is 0 Å². The molecule has 0 heterocycles. The second-order valence-corrected chi connectivity index (χ2v) is 2.42. The molecule has 0 aliphatic carbocycles. The molecule has 0 radical (unpaired) electrons. The third kappa shape index (κ3) is 57.7. The van der Waals surface area contributed by atoms with Crippen LogP contribution in [0.2, 0.25) is 0 Å². The minimum absolute atomic E-state index is 0. The molecule has 8 nitrogen and oxygen atoms in total. The molecular formula is C4H5CaO8P. The maximum absolute atomic E-state index is 9.55. The van der Waals surface area contributed by atoms with Gasteiger partial charge in [0.2, 0.25) is 0 Å². The SMILES string of the molecule is O=C(O)/C=C/C(=O)O.O=P([O-])([O-])O.[Ca+2]. The van der Waals surface area contributed by atoms with Crippen molar-refractivity contribution in [3.05, 3.63) is 12.2 Å². The van der Waals surface area contributed by atoms with Gasteiger partial charge in [-0.15, -0.1) is 0 Å². The first-order chi connectivity index (χ1) is 5.63. The number of carbonyl (C=O) groups is 2. The molecule has 3 N–H and O–H groups in total. The van der Waals surface area contributed by atoms with Crippen LogP contribution in [0.5, 0.6) is 0 Å². The predicted octanol–water partition coefficient (Wildman–Crippen LogP) is -2.86. The van der Waals surface area contributed by atoms with Crippen LogP contribution in [-0.4, -0.2) is 64.8 Å². The molecule has 0 atom stereocenters. The standard InChI is InChI=1S/C4H4O4.Ca.H3O4P/c5-3(6)1-2-4(7)8;;1-5(2,3)4/h1-2H,(H,5,6)(H,7,8);;(H3,1,2,3,4)/q;+2;/p-2/b2-1+;;. The number of rotatable bonds is 2. The fourth-order valence-corrected chi connectivity index (χ4v) is 0.143. The smallest absolute Gasteiger partial charge is 0.790 e. The van der Waals surface area contributed by atoms with Gasteiger partial charge in [0, 0.05) is 12.2 Å². The second kappa shape index (κ2) is 9.60. The zero-order chi connectivity index (χ0) is 11.1. The van der Waals surface area contributed by atoms with Crippen molar-refractivity contribution in [2.75, 3.05) is 0 Å². The first-order valence-electron chi connectivity index (χ1n) is 2.51. The molecule has 0 aromatic heterocycles. The third-order valence-electron chi connectivity index (χ3n) is 0.368. The van der Waals surface area contributed by atoms with Crippen LogP contribution in [0, 0.1) is 0 Å². The Morgan fingerprint density at radius 1 is 1.07 bits per heavy atom. The van der Waals surface area contributed by atoms with Gasteiger partial charge in [0.05, 0.1) is 7.82 Å². The van der Waals surface area contributed by atoms with Crippen LogP contribution in [0.1, 0.15) is 0 Å². The summed E-state index contributed by atoms with van der Waals surface area (Å²) in [5.41, 5.74) is 0. The Balaban J connectivity index is -0.000000177. The maximum Gasteiger partial charge on any atom is 2.00 e. The normalized spacial score (nSPS) is 9.64. The third-order valence-corrected chi connectivity index (χ3v) is 0.368. The fraction of sp³-hybridized carbons (Fsp3) is 0. The molecule has 0 unspecified atom stereocenters. The Bertz CT molecular complexity index is 230. The summed E-state index contributed by atoms with van der Waals surface area (Å²) in [6.45, 7) is 0. The van der Waals surface area contributed by atoms with Gasteiger partial charge in [-0.2, -0.15) is 0 Å². The zero-order valence-corrected chi connectivity index (χ0v) is 9.79. The van der Waals surface area contributed by atoms with E-state index in [4.69, 9.17) is 29.5 Å². The molecule has 0 amide bonds. The molecule has 0 aliphatic heterocycles. The van der Waals surface area contributed by atoms with Crippen molar-refractivity contribution in [3.63, 3.8) is 0 Å². The summed E-state index contributed by atoms with van der Waals surface area (Å²) in [6.07, 6.45) is 1.12. The molecule has 0 fully saturated rings. The van der Waals surface area contributed by atoms with Crippen LogP contribution in [0.15, 0.2) is 12.2 Å². The molecule has 0 rings (SSSR count). The summed E-state index contributed by atoms with van der Waals surface area (Å²) in [5, 5.41) is 15.6. The summed E-state index contributed by atoms with van der Waals surface area (Å²) in [4.78, 5) is 43.4. The Kier molecular flexibility index (Phi) is 13.4. The van der Waals surface area contributed by atoms with Gasteiger partial charge < -0.3 is 29.5 Å². The second-order valence-electron chi connectivity index (χ2n) is 1.48. The summed E-state index contributed by atoms with van der Waals surface area (Å²) >= 11 is 0. The van der Waals surface area contributed by atoms with Crippen LogP contribution in [0.3, 0.4) is 0 Å². The largest absolute Gasteiger partial charge is 2.00 e. The number of hydrogen-bond donors (Lipinski definition) is 3. The average molecular weight is 252 g/mol. The van der Waals surface area contributed by atoms with Gasteiger partial charge in [-0.25, -0.2) is 9.59 Å². The Morgan fingerprint density at radius 3 is 1.29 bits per heavy atom. The van der Waals surface area contributed by atoms with E-state index in [1.807, 2.05) is 0 Å². The monoisotopic (exact) mass is 252 g/mol. The van der Waals surface area contributed by atoms with Crippen molar-refractivity contribution >= 4 is 57.5 Å². The van der Waals surface area contributed by atoms with Crippen molar-refractivity contribution in [2.24, 2.45) is 0 Å².